The number of benzene rings is 9. The zero-order valence-corrected chi connectivity index (χ0v) is 38.2. The van der Waals surface area contributed by atoms with Gasteiger partial charge in [0.2, 0.25) is 0 Å². The van der Waals surface area contributed by atoms with Crippen molar-refractivity contribution >= 4 is 71.5 Å². The topological polar surface area (TPSA) is 0 Å². The van der Waals surface area contributed by atoms with Crippen molar-refractivity contribution < 1.29 is 41.9 Å². The zero-order valence-electron chi connectivity index (χ0n) is 32.9. The maximum absolute atomic E-state index is 2.23. The van der Waals surface area contributed by atoms with Crippen molar-refractivity contribution in [1.29, 1.82) is 0 Å². The first kappa shape index (κ1) is 48.0. The predicted molar refractivity (Wildman–Crippen MR) is 255 cm³/mol. The second-order valence-electron chi connectivity index (χ2n) is 13.0. The second kappa shape index (κ2) is 26.6. The Bertz CT molecular complexity index is 1870. The van der Waals surface area contributed by atoms with Gasteiger partial charge < -0.3 is 24.8 Å². The molecule has 0 radical (unpaired) electrons. The fraction of sp³-hybridized carbons (Fsp3) is 0. The van der Waals surface area contributed by atoms with Crippen molar-refractivity contribution in [3.05, 3.63) is 273 Å². The van der Waals surface area contributed by atoms with E-state index < -0.39 is 23.8 Å². The van der Waals surface area contributed by atoms with Crippen LogP contribution in [-0.2, 0) is 17.1 Å². The number of hydrogen-bond donors (Lipinski definition) is 0. The average molecular weight is 914 g/mol. The van der Waals surface area contributed by atoms with E-state index in [0.717, 1.165) is 0 Å². The van der Waals surface area contributed by atoms with Crippen LogP contribution in [-0.4, -0.2) is 0 Å². The first-order valence-corrected chi connectivity index (χ1v) is 23.2. The summed E-state index contributed by atoms with van der Waals surface area (Å²) in [6.45, 7) is 0. The molecule has 0 nitrogen and oxygen atoms in total. The van der Waals surface area contributed by atoms with Gasteiger partial charge in [-0.25, -0.2) is 0 Å². The Morgan fingerprint density at radius 3 is 0.317 bits per heavy atom. The summed E-state index contributed by atoms with van der Waals surface area (Å²) in [6, 6.07) is 97.0. The van der Waals surface area contributed by atoms with Crippen LogP contribution in [0.1, 0.15) is 0 Å². The van der Waals surface area contributed by atoms with Crippen molar-refractivity contribution in [2.75, 3.05) is 0 Å². The molecule has 0 amide bonds. The Morgan fingerprint density at radius 1 is 0.150 bits per heavy atom. The molecular formula is C54H45Cl2FeP3. The summed E-state index contributed by atoms with van der Waals surface area (Å²) in [4.78, 5) is 0. The largest absolute Gasteiger partial charge is 2.00 e. The molecule has 9 aromatic carbocycles. The number of hydrogen-bond acceptors (Lipinski definition) is 0. The van der Waals surface area contributed by atoms with E-state index in [0.29, 0.717) is 0 Å². The molecule has 0 spiro atoms. The SMILES string of the molecule is [Cl-].[Cl-].[Fe+2].c1ccc(P(c2ccccc2)c2ccccc2)cc1.c1ccc(P(c2ccccc2)c2ccccc2)cc1.c1ccc(P(c2ccccc2)c2ccccc2)cc1. The Balaban J connectivity index is 0.000000194. The zero-order chi connectivity index (χ0) is 38.7. The van der Waals surface area contributed by atoms with Crippen LogP contribution >= 0.6 is 23.8 Å². The molecule has 9 rings (SSSR count). The van der Waals surface area contributed by atoms with Gasteiger partial charge in [0.05, 0.1) is 0 Å². The average Bonchev–Trinajstić information content (AvgIpc) is 3.30. The van der Waals surface area contributed by atoms with Crippen LogP contribution in [0.4, 0.5) is 0 Å². The van der Waals surface area contributed by atoms with Gasteiger partial charge in [0, 0.05) is 0 Å². The summed E-state index contributed by atoms with van der Waals surface area (Å²) in [5.74, 6) is 0. The van der Waals surface area contributed by atoms with Crippen molar-refractivity contribution in [3.63, 3.8) is 0 Å². The molecule has 0 aliphatic heterocycles. The van der Waals surface area contributed by atoms with Gasteiger partial charge in [-0.05, 0) is 71.5 Å². The predicted octanol–water partition coefficient (Wildman–Crippen LogP) is 4.34. The summed E-state index contributed by atoms with van der Waals surface area (Å²) in [5.41, 5.74) is 0. The van der Waals surface area contributed by atoms with E-state index in [-0.39, 0.29) is 41.9 Å². The molecule has 0 saturated heterocycles. The van der Waals surface area contributed by atoms with E-state index in [1.165, 1.54) is 47.7 Å². The Hall–Kier alpha value is -4.63. The van der Waals surface area contributed by atoms with Gasteiger partial charge in [-0.1, -0.05) is 273 Å². The van der Waals surface area contributed by atoms with Gasteiger partial charge in [0.15, 0.2) is 0 Å². The monoisotopic (exact) mass is 912 g/mol. The van der Waals surface area contributed by atoms with Crippen molar-refractivity contribution in [3.8, 4) is 0 Å². The minimum absolute atomic E-state index is 0. The quantitative estimate of drug-likeness (QED) is 0.150. The minimum atomic E-state index is -0.446. The van der Waals surface area contributed by atoms with Gasteiger partial charge in [-0.15, -0.1) is 0 Å². The summed E-state index contributed by atoms with van der Waals surface area (Å²) in [7, 11) is -1.34. The summed E-state index contributed by atoms with van der Waals surface area (Å²) < 4.78 is 0. The maximum Gasteiger partial charge on any atom is 2.00 e. The molecule has 0 aliphatic carbocycles. The van der Waals surface area contributed by atoms with Gasteiger partial charge in [0.25, 0.3) is 0 Å². The first-order valence-electron chi connectivity index (χ1n) is 19.2. The Morgan fingerprint density at radius 2 is 0.233 bits per heavy atom. The molecule has 9 aromatic rings. The molecule has 0 fully saturated rings. The van der Waals surface area contributed by atoms with E-state index in [2.05, 4.69) is 273 Å². The maximum atomic E-state index is 2.23. The van der Waals surface area contributed by atoms with E-state index in [9.17, 15) is 0 Å². The third-order valence-corrected chi connectivity index (χ3v) is 16.5. The van der Waals surface area contributed by atoms with Gasteiger partial charge >= 0.3 is 17.1 Å². The van der Waals surface area contributed by atoms with Crippen LogP contribution in [0.15, 0.2) is 273 Å². The fourth-order valence-electron chi connectivity index (χ4n) is 6.54. The fourth-order valence-corrected chi connectivity index (χ4v) is 13.5. The molecule has 0 aromatic heterocycles. The molecule has 0 bridgehead atoms. The van der Waals surface area contributed by atoms with Crippen LogP contribution in [0.3, 0.4) is 0 Å². The summed E-state index contributed by atoms with van der Waals surface area (Å²) >= 11 is 0. The third-order valence-electron chi connectivity index (χ3n) is 9.13. The van der Waals surface area contributed by atoms with Gasteiger partial charge in [0.1, 0.15) is 0 Å². The summed E-state index contributed by atoms with van der Waals surface area (Å²) in [5, 5.41) is 12.6. The van der Waals surface area contributed by atoms with Crippen molar-refractivity contribution in [1.82, 2.24) is 0 Å². The van der Waals surface area contributed by atoms with E-state index >= 15 is 0 Å². The van der Waals surface area contributed by atoms with Crippen LogP contribution in [0.5, 0.6) is 0 Å². The molecule has 0 heterocycles. The Kier molecular flexibility index (Phi) is 21.3. The summed E-state index contributed by atoms with van der Waals surface area (Å²) in [6.07, 6.45) is 0. The molecule has 0 saturated carbocycles. The van der Waals surface area contributed by atoms with Crippen LogP contribution in [0.25, 0.3) is 0 Å². The normalized spacial score (nSPS) is 10.1. The van der Waals surface area contributed by atoms with Crippen LogP contribution in [0.2, 0.25) is 0 Å². The molecule has 0 atom stereocenters. The van der Waals surface area contributed by atoms with Crippen molar-refractivity contribution in [2.24, 2.45) is 0 Å². The van der Waals surface area contributed by atoms with Crippen LogP contribution < -0.4 is 72.6 Å². The molecule has 0 unspecified atom stereocenters. The Labute approximate surface area is 383 Å². The smallest absolute Gasteiger partial charge is 1.00 e. The molecule has 0 aliphatic rings. The van der Waals surface area contributed by atoms with Gasteiger partial charge in [-0.3, -0.25) is 0 Å². The second-order valence-corrected chi connectivity index (χ2v) is 19.7. The van der Waals surface area contributed by atoms with E-state index in [1.807, 2.05) is 0 Å². The third kappa shape index (κ3) is 13.7. The standard InChI is InChI=1S/3C18H15P.2ClH.Fe/c3*1-4-10-16(11-5-1)19(17-12-6-2-7-13-17)18-14-8-3-9-15-18;;;/h3*1-15H;2*1H;/q;;;;;+2/p-2. The van der Waals surface area contributed by atoms with E-state index in [4.69, 9.17) is 0 Å². The number of halogens is 2. The first-order chi connectivity index (χ1) is 28.3. The number of rotatable bonds is 9. The van der Waals surface area contributed by atoms with Crippen molar-refractivity contribution in [2.45, 2.75) is 0 Å². The molecule has 0 N–H and O–H groups in total. The minimum Gasteiger partial charge on any atom is -1.00 e. The van der Waals surface area contributed by atoms with Gasteiger partial charge in [-0.2, -0.15) is 0 Å². The van der Waals surface area contributed by atoms with Crippen LogP contribution in [0, 0.1) is 0 Å². The molecule has 6 heteroatoms. The molecule has 298 valence electrons. The molecule has 60 heavy (non-hydrogen) atoms. The van der Waals surface area contributed by atoms with E-state index in [1.54, 1.807) is 0 Å². The molecular weight excluding hydrogens is 868 g/mol.